The van der Waals surface area contributed by atoms with Gasteiger partial charge in [0.25, 0.3) is 0 Å². The summed E-state index contributed by atoms with van der Waals surface area (Å²) in [6.45, 7) is 9.64. The van der Waals surface area contributed by atoms with E-state index in [1.165, 1.54) is 49.0 Å². The van der Waals surface area contributed by atoms with Crippen LogP contribution in [0.15, 0.2) is 36.5 Å². The molecule has 1 aromatic carbocycles. The summed E-state index contributed by atoms with van der Waals surface area (Å²) in [5.74, 6) is 1.06. The first-order valence-corrected chi connectivity index (χ1v) is 13.1. The van der Waals surface area contributed by atoms with Crippen LogP contribution in [0.3, 0.4) is 0 Å². The number of esters is 1. The summed E-state index contributed by atoms with van der Waals surface area (Å²) in [6.07, 6.45) is 11.5. The maximum absolute atomic E-state index is 13.2. The molecule has 1 spiro atoms. The molecule has 1 aromatic heterocycles. The summed E-state index contributed by atoms with van der Waals surface area (Å²) in [7, 11) is 0. The van der Waals surface area contributed by atoms with Gasteiger partial charge in [-0.15, -0.1) is 0 Å². The van der Waals surface area contributed by atoms with Crippen molar-refractivity contribution in [3.8, 4) is 5.69 Å². The van der Waals surface area contributed by atoms with Crippen molar-refractivity contribution in [1.29, 1.82) is 0 Å². The first-order valence-electron chi connectivity index (χ1n) is 13.1. The lowest BCUT2D eigenvalue weighted by Gasteiger charge is -2.64. The third kappa shape index (κ3) is 2.64. The van der Waals surface area contributed by atoms with Gasteiger partial charge in [-0.1, -0.05) is 38.5 Å². The van der Waals surface area contributed by atoms with Crippen LogP contribution in [-0.4, -0.2) is 22.4 Å². The molecule has 1 heterocycles. The lowest BCUT2D eigenvalue weighted by atomic mass is 9.40. The van der Waals surface area contributed by atoms with Crippen molar-refractivity contribution in [2.75, 3.05) is 6.61 Å². The fraction of sp³-hybridized carbons (Fsp3) is 0.655. The molecule has 3 fully saturated rings. The van der Waals surface area contributed by atoms with Crippen LogP contribution in [0.5, 0.6) is 0 Å². The monoisotopic (exact) mass is 446 g/mol. The normalized spacial score (nSPS) is 41.1. The molecule has 4 aliphatic rings. The largest absolute Gasteiger partial charge is 0.466 e. The fourth-order valence-electron chi connectivity index (χ4n) is 9.47. The minimum absolute atomic E-state index is 0.0431. The van der Waals surface area contributed by atoms with Gasteiger partial charge in [-0.3, -0.25) is 4.79 Å². The minimum atomic E-state index is -0.346. The van der Waals surface area contributed by atoms with Crippen molar-refractivity contribution in [3.63, 3.8) is 0 Å². The van der Waals surface area contributed by atoms with Gasteiger partial charge in [-0.25, -0.2) is 4.68 Å². The number of nitrogens with zero attached hydrogens (tertiary/aromatic N) is 2. The van der Waals surface area contributed by atoms with Crippen LogP contribution < -0.4 is 0 Å². The van der Waals surface area contributed by atoms with Gasteiger partial charge in [0.1, 0.15) is 0 Å². The highest BCUT2D eigenvalue weighted by Gasteiger charge is 2.68. The molecule has 0 N–H and O–H groups in total. The number of fused-ring (bicyclic) bond motifs is 5. The average molecular weight is 447 g/mol. The Morgan fingerprint density at radius 3 is 2.58 bits per heavy atom. The third-order valence-corrected chi connectivity index (χ3v) is 10.6. The Balaban J connectivity index is 1.45. The fourth-order valence-corrected chi connectivity index (χ4v) is 9.47. The zero-order chi connectivity index (χ0) is 23.1. The van der Waals surface area contributed by atoms with Crippen molar-refractivity contribution < 1.29 is 9.53 Å². The molecule has 6 rings (SSSR count). The summed E-state index contributed by atoms with van der Waals surface area (Å²) in [5.41, 5.74) is 4.36. The van der Waals surface area contributed by atoms with E-state index in [2.05, 4.69) is 62.0 Å². The van der Waals surface area contributed by atoms with Crippen LogP contribution in [0.2, 0.25) is 0 Å². The number of aromatic nitrogens is 2. The van der Waals surface area contributed by atoms with Gasteiger partial charge >= 0.3 is 5.97 Å². The number of benzene rings is 1. The molecule has 0 amide bonds. The van der Waals surface area contributed by atoms with Gasteiger partial charge in [0.2, 0.25) is 0 Å². The lowest BCUT2D eigenvalue weighted by Crippen LogP contribution is -2.60. The van der Waals surface area contributed by atoms with E-state index >= 15 is 0 Å². The Labute approximate surface area is 198 Å². The Morgan fingerprint density at radius 1 is 1.06 bits per heavy atom. The van der Waals surface area contributed by atoms with Crippen molar-refractivity contribution >= 4 is 5.97 Å². The Hall–Kier alpha value is -2.10. The predicted molar refractivity (Wildman–Crippen MR) is 129 cm³/mol. The molecule has 2 aromatic rings. The number of hydrogen-bond donors (Lipinski definition) is 0. The van der Waals surface area contributed by atoms with Crippen molar-refractivity contribution in [3.05, 3.63) is 47.8 Å². The predicted octanol–water partition coefficient (Wildman–Crippen LogP) is 6.35. The van der Waals surface area contributed by atoms with Gasteiger partial charge in [-0.05, 0) is 88.2 Å². The van der Waals surface area contributed by atoms with Crippen LogP contribution in [0.1, 0.15) is 90.3 Å². The second-order valence-corrected chi connectivity index (χ2v) is 12.2. The molecule has 4 heteroatoms. The van der Waals surface area contributed by atoms with Gasteiger partial charge in [0, 0.05) is 16.4 Å². The molecule has 0 saturated heterocycles. The van der Waals surface area contributed by atoms with Crippen molar-refractivity contribution in [2.24, 2.45) is 22.7 Å². The standard InChI is InChI=1S/C29H38N2O2/c1-5-33-25(32)28(4)15-9-14-27(3)22(28)13-17-29-19-26(2,16-12-23(27)29)24-21(29)18-30-31(24)20-10-7-6-8-11-20/h6-8,10-11,18,22-23H,5,9,12-17,19H2,1-4H3/t22-,23-,26-,27+,28+,29+/m0/s1. The molecule has 6 atom stereocenters. The number of rotatable bonds is 3. The number of hydrogen-bond acceptors (Lipinski definition) is 3. The van der Waals surface area contributed by atoms with Crippen LogP contribution in [0.4, 0.5) is 0 Å². The molecule has 176 valence electrons. The van der Waals surface area contributed by atoms with Crippen molar-refractivity contribution in [1.82, 2.24) is 9.78 Å². The molecule has 0 unspecified atom stereocenters. The number of carbonyl (C=O) groups excluding carboxylic acids is 1. The van der Waals surface area contributed by atoms with Crippen LogP contribution >= 0.6 is 0 Å². The second kappa shape index (κ2) is 6.96. The molecule has 33 heavy (non-hydrogen) atoms. The molecule has 0 radical (unpaired) electrons. The van der Waals surface area contributed by atoms with E-state index in [9.17, 15) is 4.79 Å². The molecule has 4 nitrogen and oxygen atoms in total. The van der Waals surface area contributed by atoms with Gasteiger partial charge in [-0.2, -0.15) is 5.10 Å². The first kappa shape index (κ1) is 21.4. The van der Waals surface area contributed by atoms with E-state index in [0.717, 1.165) is 19.3 Å². The Kier molecular flexibility index (Phi) is 4.52. The molecule has 4 aliphatic carbocycles. The van der Waals surface area contributed by atoms with E-state index in [4.69, 9.17) is 9.84 Å². The van der Waals surface area contributed by atoms with Crippen LogP contribution in [-0.2, 0) is 20.4 Å². The van der Waals surface area contributed by atoms with Crippen LogP contribution in [0.25, 0.3) is 5.69 Å². The van der Waals surface area contributed by atoms with E-state index in [-0.39, 0.29) is 27.6 Å². The summed E-state index contributed by atoms with van der Waals surface area (Å²) >= 11 is 0. The van der Waals surface area contributed by atoms with E-state index in [1.807, 2.05) is 6.92 Å². The second-order valence-electron chi connectivity index (χ2n) is 12.2. The molecule has 2 bridgehead atoms. The maximum Gasteiger partial charge on any atom is 0.312 e. The third-order valence-electron chi connectivity index (χ3n) is 10.6. The van der Waals surface area contributed by atoms with E-state index in [0.29, 0.717) is 18.4 Å². The van der Waals surface area contributed by atoms with E-state index in [1.54, 1.807) is 0 Å². The maximum atomic E-state index is 13.2. The number of ether oxygens (including phenoxy) is 1. The molecule has 3 saturated carbocycles. The smallest absolute Gasteiger partial charge is 0.312 e. The first-order chi connectivity index (χ1) is 15.8. The summed E-state index contributed by atoms with van der Waals surface area (Å²) in [5, 5.41) is 4.97. The summed E-state index contributed by atoms with van der Waals surface area (Å²) in [6, 6.07) is 10.7. The van der Waals surface area contributed by atoms with Gasteiger partial charge in [0.05, 0.1) is 29.6 Å². The molecular formula is C29H38N2O2. The van der Waals surface area contributed by atoms with Crippen LogP contribution in [0, 0.1) is 22.7 Å². The van der Waals surface area contributed by atoms with E-state index < -0.39 is 0 Å². The number of carbonyl (C=O) groups is 1. The van der Waals surface area contributed by atoms with Gasteiger partial charge in [0.15, 0.2) is 0 Å². The zero-order valence-electron chi connectivity index (χ0n) is 20.7. The highest BCUT2D eigenvalue weighted by atomic mass is 16.5. The summed E-state index contributed by atoms with van der Waals surface area (Å²) in [4.78, 5) is 13.2. The molecular weight excluding hydrogens is 408 g/mol. The number of para-hydroxylation sites is 1. The molecule has 0 aliphatic heterocycles. The van der Waals surface area contributed by atoms with Crippen molar-refractivity contribution in [2.45, 2.75) is 89.9 Å². The summed E-state index contributed by atoms with van der Waals surface area (Å²) < 4.78 is 7.89. The highest BCUT2D eigenvalue weighted by Crippen LogP contribution is 2.73. The Bertz CT molecular complexity index is 1090. The Morgan fingerprint density at radius 2 is 1.82 bits per heavy atom. The van der Waals surface area contributed by atoms with Gasteiger partial charge < -0.3 is 4.74 Å². The highest BCUT2D eigenvalue weighted by molar-refractivity contribution is 5.77. The zero-order valence-corrected chi connectivity index (χ0v) is 20.7. The quantitative estimate of drug-likeness (QED) is 0.516. The SMILES string of the molecule is CCOC(=O)[C@]1(C)CCC[C@@]2(C)[C@@H]3CC[C@@]4(C)C[C@]3(CC[C@@H]21)c1cnn(-c2ccccc2)c14. The minimum Gasteiger partial charge on any atom is -0.466 e. The average Bonchev–Trinajstić information content (AvgIpc) is 3.32. The topological polar surface area (TPSA) is 44.1 Å². The lowest BCUT2D eigenvalue weighted by molar-refractivity contribution is -0.180.